The summed E-state index contributed by atoms with van der Waals surface area (Å²) >= 11 is 6.29. The van der Waals surface area contributed by atoms with E-state index >= 15 is 0 Å². The lowest BCUT2D eigenvalue weighted by molar-refractivity contribution is -0.138. The summed E-state index contributed by atoms with van der Waals surface area (Å²) in [6.45, 7) is 1.87. The number of halogens is 1. The minimum absolute atomic E-state index is 0.0468. The number of rotatable bonds is 13. The molecule has 5 nitrogen and oxygen atoms in total. The van der Waals surface area contributed by atoms with Crippen LogP contribution in [0.1, 0.15) is 68.4 Å². The van der Waals surface area contributed by atoms with Gasteiger partial charge in [0, 0.05) is 40.7 Å². The van der Waals surface area contributed by atoms with Gasteiger partial charge in [-0.2, -0.15) is 0 Å². The lowest BCUT2D eigenvalue weighted by atomic mass is 9.93. The molecule has 0 aliphatic heterocycles. The molecule has 0 saturated heterocycles. The summed E-state index contributed by atoms with van der Waals surface area (Å²) in [7, 11) is 3.73. The average molecular weight is 486 g/mol. The van der Waals surface area contributed by atoms with E-state index in [1.165, 1.54) is 5.56 Å². The van der Waals surface area contributed by atoms with Gasteiger partial charge >= 0.3 is 5.97 Å². The average Bonchev–Trinajstić information content (AvgIpc) is 3.06. The predicted octanol–water partition coefficient (Wildman–Crippen LogP) is 6.72. The number of ether oxygens (including phenoxy) is 1. The van der Waals surface area contributed by atoms with Crippen molar-refractivity contribution in [3.05, 3.63) is 64.3 Å². The largest absolute Gasteiger partial charge is 0.497 e. The summed E-state index contributed by atoms with van der Waals surface area (Å²) in [6, 6.07) is 14.0. The van der Waals surface area contributed by atoms with E-state index in [1.807, 2.05) is 44.3 Å². The van der Waals surface area contributed by atoms with Crippen LogP contribution in [0.5, 0.6) is 5.75 Å². The molecule has 0 amide bonds. The van der Waals surface area contributed by atoms with Gasteiger partial charge in [-0.1, -0.05) is 43.5 Å². The molecule has 184 valence electrons. The van der Waals surface area contributed by atoms with E-state index in [2.05, 4.69) is 16.7 Å². The number of aliphatic hydroxyl groups excluding tert-OH is 1. The number of fused-ring (bicyclic) bond motifs is 1. The van der Waals surface area contributed by atoms with Crippen LogP contribution in [-0.2, 0) is 24.7 Å². The third kappa shape index (κ3) is 6.77. The molecule has 0 spiro atoms. The Labute approximate surface area is 207 Å². The monoisotopic (exact) mass is 485 g/mol. The fourth-order valence-electron chi connectivity index (χ4n) is 4.86. The Morgan fingerprint density at radius 1 is 1.09 bits per heavy atom. The first-order valence-electron chi connectivity index (χ1n) is 12.1. The van der Waals surface area contributed by atoms with Crippen molar-refractivity contribution in [1.82, 2.24) is 4.57 Å². The number of methoxy groups -OCH3 is 1. The normalized spacial score (nSPS) is 13.2. The first kappa shape index (κ1) is 26.1. The molecule has 1 heterocycles. The van der Waals surface area contributed by atoms with Crippen molar-refractivity contribution in [1.29, 1.82) is 0 Å². The highest BCUT2D eigenvalue weighted by atomic mass is 35.5. The summed E-state index contributed by atoms with van der Waals surface area (Å²) in [5.74, 6) is -0.0571. The first-order valence-corrected chi connectivity index (χ1v) is 12.5. The number of aliphatic carboxylic acids is 1. The second-order valence-electron chi connectivity index (χ2n) is 9.30. The van der Waals surface area contributed by atoms with Gasteiger partial charge in [-0.3, -0.25) is 4.79 Å². The van der Waals surface area contributed by atoms with Gasteiger partial charge in [-0.15, -0.1) is 0 Å². The van der Waals surface area contributed by atoms with Gasteiger partial charge in [0.1, 0.15) is 5.75 Å². The van der Waals surface area contributed by atoms with Crippen LogP contribution >= 0.6 is 11.6 Å². The van der Waals surface area contributed by atoms with Gasteiger partial charge in [0.25, 0.3) is 0 Å². The smallest absolute Gasteiger partial charge is 0.303 e. The van der Waals surface area contributed by atoms with Gasteiger partial charge in [-0.25, -0.2) is 0 Å². The number of benzene rings is 2. The second-order valence-corrected chi connectivity index (χ2v) is 9.74. The summed E-state index contributed by atoms with van der Waals surface area (Å²) in [6.07, 6.45) is 6.03. The minimum Gasteiger partial charge on any atom is -0.497 e. The number of hydrogen-bond donors (Lipinski definition) is 2. The van der Waals surface area contributed by atoms with Crippen molar-refractivity contribution in [2.24, 2.45) is 13.0 Å². The van der Waals surface area contributed by atoms with Crippen LogP contribution in [0.15, 0.2) is 42.5 Å². The highest BCUT2D eigenvalue weighted by Crippen LogP contribution is 2.36. The molecule has 0 radical (unpaired) electrons. The number of carbonyl (C=O) groups is 1. The Hall–Kier alpha value is -2.50. The Kier molecular flexibility index (Phi) is 9.43. The topological polar surface area (TPSA) is 71.7 Å². The van der Waals surface area contributed by atoms with E-state index in [1.54, 1.807) is 7.11 Å². The zero-order valence-corrected chi connectivity index (χ0v) is 21.1. The molecular weight excluding hydrogens is 450 g/mol. The maximum Gasteiger partial charge on any atom is 0.303 e. The van der Waals surface area contributed by atoms with Crippen LogP contribution < -0.4 is 4.74 Å². The van der Waals surface area contributed by atoms with Crippen molar-refractivity contribution in [3.63, 3.8) is 0 Å². The number of aliphatic hydroxyl groups is 1. The van der Waals surface area contributed by atoms with Crippen LogP contribution in [0.2, 0.25) is 5.02 Å². The predicted molar refractivity (Wildman–Crippen MR) is 138 cm³/mol. The summed E-state index contributed by atoms with van der Waals surface area (Å²) in [4.78, 5) is 11.1. The molecule has 0 bridgehead atoms. The second kappa shape index (κ2) is 12.3. The number of carboxylic acids is 1. The Morgan fingerprint density at radius 2 is 1.82 bits per heavy atom. The molecule has 2 aromatic carbocycles. The van der Waals surface area contributed by atoms with Crippen LogP contribution in [0.4, 0.5) is 0 Å². The van der Waals surface area contributed by atoms with Crippen LogP contribution in [-0.4, -0.2) is 27.9 Å². The van der Waals surface area contributed by atoms with E-state index in [-0.39, 0.29) is 12.3 Å². The number of unbranched alkanes of at least 4 members (excludes halogenated alkanes) is 3. The van der Waals surface area contributed by atoms with Crippen LogP contribution in [0, 0.1) is 5.92 Å². The van der Waals surface area contributed by atoms with Crippen molar-refractivity contribution < 1.29 is 19.7 Å². The Morgan fingerprint density at radius 3 is 2.53 bits per heavy atom. The van der Waals surface area contributed by atoms with Gasteiger partial charge in [-0.05, 0) is 73.9 Å². The molecule has 0 saturated carbocycles. The molecule has 0 fully saturated rings. The molecule has 2 unspecified atom stereocenters. The highest BCUT2D eigenvalue weighted by molar-refractivity contribution is 6.31. The van der Waals surface area contributed by atoms with Crippen LogP contribution in [0.3, 0.4) is 0 Å². The van der Waals surface area contributed by atoms with Crippen molar-refractivity contribution >= 4 is 28.5 Å². The molecule has 0 aliphatic carbocycles. The van der Waals surface area contributed by atoms with Crippen molar-refractivity contribution in [2.45, 2.75) is 64.4 Å². The molecule has 3 rings (SSSR count). The zero-order chi connectivity index (χ0) is 24.7. The maximum atomic E-state index is 11.1. The van der Waals surface area contributed by atoms with Crippen molar-refractivity contribution in [2.75, 3.05) is 7.11 Å². The standard InChI is InChI=1S/C28H36ClNO4/c1-19(16-27(32)33)15-26(31)28-23-18-21(29)13-14-24(23)30(2)25(28)12-7-5-4-6-9-20-10-8-11-22(17-20)34-3/h8,10-11,13-14,17-19,26,31H,4-7,9,12,15-16H2,1-3H3,(H,32,33). The van der Waals surface area contributed by atoms with E-state index < -0.39 is 12.1 Å². The third-order valence-electron chi connectivity index (χ3n) is 6.57. The van der Waals surface area contributed by atoms with Crippen molar-refractivity contribution in [3.8, 4) is 5.75 Å². The molecule has 2 atom stereocenters. The quantitative estimate of drug-likeness (QED) is 0.263. The third-order valence-corrected chi connectivity index (χ3v) is 6.81. The molecule has 1 aromatic heterocycles. The summed E-state index contributed by atoms with van der Waals surface area (Å²) in [5.41, 5.74) is 4.34. The lowest BCUT2D eigenvalue weighted by Gasteiger charge is -2.17. The van der Waals surface area contributed by atoms with Crippen LogP contribution in [0.25, 0.3) is 10.9 Å². The summed E-state index contributed by atoms with van der Waals surface area (Å²) in [5, 5.41) is 21.8. The van der Waals surface area contributed by atoms with E-state index in [0.717, 1.165) is 66.4 Å². The first-order chi connectivity index (χ1) is 16.3. The van der Waals surface area contributed by atoms with Gasteiger partial charge < -0.3 is 19.5 Å². The maximum absolute atomic E-state index is 11.1. The molecule has 34 heavy (non-hydrogen) atoms. The van der Waals surface area contributed by atoms with Gasteiger partial charge in [0.2, 0.25) is 0 Å². The minimum atomic E-state index is -0.838. The number of carboxylic acid groups (broad SMARTS) is 1. The number of aryl methyl sites for hydroxylation is 2. The lowest BCUT2D eigenvalue weighted by Crippen LogP contribution is -2.11. The Bertz CT molecular complexity index is 1110. The Balaban J connectivity index is 1.65. The van der Waals surface area contributed by atoms with E-state index in [0.29, 0.717) is 11.4 Å². The fourth-order valence-corrected chi connectivity index (χ4v) is 5.03. The number of aromatic nitrogens is 1. The molecule has 2 N–H and O–H groups in total. The highest BCUT2D eigenvalue weighted by Gasteiger charge is 2.23. The van der Waals surface area contributed by atoms with Gasteiger partial charge in [0.15, 0.2) is 0 Å². The van der Waals surface area contributed by atoms with E-state index in [9.17, 15) is 9.90 Å². The molecule has 3 aromatic rings. The number of hydrogen-bond acceptors (Lipinski definition) is 3. The number of nitrogens with zero attached hydrogens (tertiary/aromatic N) is 1. The molecule has 6 heteroatoms. The SMILES string of the molecule is COc1cccc(CCCCCCc2c(C(O)CC(C)CC(=O)O)c3cc(Cl)ccc3n2C)c1. The summed E-state index contributed by atoms with van der Waals surface area (Å²) < 4.78 is 7.46. The van der Waals surface area contributed by atoms with Gasteiger partial charge in [0.05, 0.1) is 13.2 Å². The zero-order valence-electron chi connectivity index (χ0n) is 20.4. The molecule has 0 aliphatic rings. The fraction of sp³-hybridized carbons (Fsp3) is 0.464. The molecular formula is C28H36ClNO4. The van der Waals surface area contributed by atoms with E-state index in [4.69, 9.17) is 21.4 Å².